The Kier molecular flexibility index (Phi) is 3.72. The molecule has 22 heavy (non-hydrogen) atoms. The lowest BCUT2D eigenvalue weighted by atomic mass is 10.2. The van der Waals surface area contributed by atoms with Crippen molar-refractivity contribution in [1.29, 1.82) is 0 Å². The molecule has 3 rings (SSSR count). The molecule has 0 aliphatic carbocycles. The zero-order chi connectivity index (χ0) is 15.7. The first-order chi connectivity index (χ1) is 10.5. The minimum atomic E-state index is -0.875. The smallest absolute Gasteiger partial charge is 0.306 e. The average molecular weight is 362 g/mol. The van der Waals surface area contributed by atoms with Gasteiger partial charge in [-0.3, -0.25) is 15.1 Å². The molecule has 7 heteroatoms. The molecule has 110 valence electrons. The van der Waals surface area contributed by atoms with Crippen LogP contribution in [0.4, 0.5) is 15.8 Å². The minimum absolute atomic E-state index is 0.317. The zero-order valence-corrected chi connectivity index (χ0v) is 12.7. The molecular formula is C15H9BrFN3O2. The quantitative estimate of drug-likeness (QED) is 0.416. The van der Waals surface area contributed by atoms with Crippen LogP contribution in [0.2, 0.25) is 0 Å². The van der Waals surface area contributed by atoms with Gasteiger partial charge in [0.2, 0.25) is 5.82 Å². The number of halogens is 2. The summed E-state index contributed by atoms with van der Waals surface area (Å²) in [4.78, 5) is 17.2. The number of aromatic nitrogens is 1. The van der Waals surface area contributed by atoms with E-state index in [1.165, 1.54) is 6.07 Å². The number of nitro benzene ring substituents is 1. The highest BCUT2D eigenvalue weighted by atomic mass is 79.9. The van der Waals surface area contributed by atoms with Gasteiger partial charge in [0, 0.05) is 39.4 Å². The van der Waals surface area contributed by atoms with Crippen LogP contribution in [0, 0.1) is 15.9 Å². The normalized spacial score (nSPS) is 11.4. The fourth-order valence-electron chi connectivity index (χ4n) is 2.09. The van der Waals surface area contributed by atoms with Gasteiger partial charge >= 0.3 is 5.69 Å². The van der Waals surface area contributed by atoms with E-state index < -0.39 is 16.4 Å². The summed E-state index contributed by atoms with van der Waals surface area (Å²) in [7, 11) is 0. The highest BCUT2D eigenvalue weighted by molar-refractivity contribution is 9.10. The molecule has 5 nitrogen and oxygen atoms in total. The summed E-state index contributed by atoms with van der Waals surface area (Å²) in [6.07, 6.45) is 3.38. The lowest BCUT2D eigenvalue weighted by molar-refractivity contribution is -0.387. The summed E-state index contributed by atoms with van der Waals surface area (Å²) in [5, 5.41) is 11.7. The monoisotopic (exact) mass is 361 g/mol. The Bertz CT molecular complexity index is 905. The van der Waals surface area contributed by atoms with Crippen LogP contribution in [0.1, 0.15) is 5.56 Å². The molecule has 0 fully saturated rings. The van der Waals surface area contributed by atoms with E-state index in [1.54, 1.807) is 12.4 Å². The molecule has 0 aliphatic heterocycles. The molecule has 0 amide bonds. The molecule has 1 N–H and O–H groups in total. The number of hydrogen-bond acceptors (Lipinski definition) is 3. The van der Waals surface area contributed by atoms with Crippen molar-refractivity contribution in [3.63, 3.8) is 0 Å². The van der Waals surface area contributed by atoms with Gasteiger partial charge in [0.25, 0.3) is 0 Å². The molecule has 0 aliphatic rings. The SMILES string of the molecule is O=[N+]([O-])c1cc(N=Cc2c[nH]c3ccc(Br)cc23)ccc1F. The molecule has 0 radical (unpaired) electrons. The Labute approximate surface area is 132 Å². The van der Waals surface area contributed by atoms with E-state index in [0.717, 1.165) is 33.1 Å². The van der Waals surface area contributed by atoms with Crippen LogP contribution in [-0.2, 0) is 0 Å². The summed E-state index contributed by atoms with van der Waals surface area (Å²) >= 11 is 3.41. The molecule has 0 saturated heterocycles. The number of benzene rings is 2. The van der Waals surface area contributed by atoms with Crippen LogP contribution < -0.4 is 0 Å². The highest BCUT2D eigenvalue weighted by Gasteiger charge is 2.13. The van der Waals surface area contributed by atoms with Gasteiger partial charge in [-0.15, -0.1) is 0 Å². The van der Waals surface area contributed by atoms with Gasteiger partial charge in [0.05, 0.1) is 10.6 Å². The van der Waals surface area contributed by atoms with Gasteiger partial charge < -0.3 is 4.98 Å². The Morgan fingerprint density at radius 3 is 2.86 bits per heavy atom. The van der Waals surface area contributed by atoms with E-state index in [1.807, 2.05) is 18.2 Å². The Balaban J connectivity index is 1.98. The van der Waals surface area contributed by atoms with Gasteiger partial charge in [0.1, 0.15) is 0 Å². The van der Waals surface area contributed by atoms with Gasteiger partial charge in [0.15, 0.2) is 0 Å². The fourth-order valence-corrected chi connectivity index (χ4v) is 2.45. The number of aromatic amines is 1. The second kappa shape index (κ2) is 5.69. The number of hydrogen-bond donors (Lipinski definition) is 1. The number of aliphatic imine (C=N–C) groups is 1. The van der Waals surface area contributed by atoms with Crippen LogP contribution in [0.5, 0.6) is 0 Å². The number of nitrogens with one attached hydrogen (secondary N) is 1. The maximum atomic E-state index is 13.3. The van der Waals surface area contributed by atoms with Crippen molar-refractivity contribution >= 4 is 44.4 Å². The van der Waals surface area contributed by atoms with Gasteiger partial charge in [-0.2, -0.15) is 4.39 Å². The minimum Gasteiger partial charge on any atom is -0.361 e. The molecule has 0 unspecified atom stereocenters. The van der Waals surface area contributed by atoms with E-state index in [0.29, 0.717) is 5.69 Å². The zero-order valence-electron chi connectivity index (χ0n) is 11.1. The van der Waals surface area contributed by atoms with Crippen LogP contribution in [-0.4, -0.2) is 16.1 Å². The van der Waals surface area contributed by atoms with Crippen LogP contribution >= 0.6 is 15.9 Å². The van der Waals surface area contributed by atoms with Gasteiger partial charge in [-0.05, 0) is 30.3 Å². The molecule has 1 aromatic heterocycles. The number of nitro groups is 1. The Morgan fingerprint density at radius 2 is 2.09 bits per heavy atom. The maximum Gasteiger partial charge on any atom is 0.306 e. The first kappa shape index (κ1) is 14.4. The molecule has 2 aromatic carbocycles. The largest absolute Gasteiger partial charge is 0.361 e. The molecule has 3 aromatic rings. The third-order valence-corrected chi connectivity index (χ3v) is 3.65. The number of fused-ring (bicyclic) bond motifs is 1. The predicted octanol–water partition coefficient (Wildman–Crippen LogP) is 4.73. The molecule has 0 saturated carbocycles. The molecule has 0 bridgehead atoms. The van der Waals surface area contributed by atoms with Crippen molar-refractivity contribution in [2.24, 2.45) is 4.99 Å². The molecule has 0 atom stereocenters. The van der Waals surface area contributed by atoms with E-state index in [2.05, 4.69) is 25.9 Å². The number of H-pyrrole nitrogens is 1. The maximum absolute atomic E-state index is 13.3. The van der Waals surface area contributed by atoms with Crippen molar-refractivity contribution in [3.05, 3.63) is 68.6 Å². The van der Waals surface area contributed by atoms with E-state index >= 15 is 0 Å². The lowest BCUT2D eigenvalue weighted by Crippen LogP contribution is -1.91. The molecule has 1 heterocycles. The van der Waals surface area contributed by atoms with Crippen molar-refractivity contribution in [2.45, 2.75) is 0 Å². The van der Waals surface area contributed by atoms with Crippen molar-refractivity contribution in [1.82, 2.24) is 4.98 Å². The van der Waals surface area contributed by atoms with Gasteiger partial charge in [-0.25, -0.2) is 0 Å². The van der Waals surface area contributed by atoms with Crippen molar-refractivity contribution in [3.8, 4) is 0 Å². The molecule has 0 spiro atoms. The summed E-state index contributed by atoms with van der Waals surface area (Å²) in [5.41, 5.74) is 1.52. The summed E-state index contributed by atoms with van der Waals surface area (Å²) in [5.74, 6) is -0.875. The summed E-state index contributed by atoms with van der Waals surface area (Å²) < 4.78 is 14.2. The average Bonchev–Trinajstić information content (AvgIpc) is 2.88. The van der Waals surface area contributed by atoms with E-state index in [-0.39, 0.29) is 0 Å². The molecular weight excluding hydrogens is 353 g/mol. The predicted molar refractivity (Wildman–Crippen MR) is 86.3 cm³/mol. The van der Waals surface area contributed by atoms with Crippen LogP contribution in [0.15, 0.2) is 52.1 Å². The Morgan fingerprint density at radius 1 is 1.27 bits per heavy atom. The summed E-state index contributed by atoms with van der Waals surface area (Å²) in [6, 6.07) is 9.33. The Hall–Kier alpha value is -2.54. The van der Waals surface area contributed by atoms with Crippen molar-refractivity contribution in [2.75, 3.05) is 0 Å². The second-order valence-corrected chi connectivity index (χ2v) is 5.50. The van der Waals surface area contributed by atoms with E-state index in [4.69, 9.17) is 0 Å². The van der Waals surface area contributed by atoms with Crippen LogP contribution in [0.25, 0.3) is 10.9 Å². The standard InChI is InChI=1S/C15H9BrFN3O2/c16-10-1-4-14-12(5-10)9(8-19-14)7-18-11-2-3-13(17)15(6-11)20(21)22/h1-8,19H. The van der Waals surface area contributed by atoms with E-state index in [9.17, 15) is 14.5 Å². The number of nitrogens with zero attached hydrogens (tertiary/aromatic N) is 2. The summed E-state index contributed by atoms with van der Waals surface area (Å²) in [6.45, 7) is 0. The lowest BCUT2D eigenvalue weighted by Gasteiger charge is -1.97. The number of rotatable bonds is 3. The highest BCUT2D eigenvalue weighted by Crippen LogP contribution is 2.25. The topological polar surface area (TPSA) is 71.3 Å². The third-order valence-electron chi connectivity index (χ3n) is 3.15. The van der Waals surface area contributed by atoms with Crippen molar-refractivity contribution < 1.29 is 9.31 Å². The van der Waals surface area contributed by atoms with Crippen LogP contribution in [0.3, 0.4) is 0 Å². The first-order valence-corrected chi connectivity index (χ1v) is 7.08. The first-order valence-electron chi connectivity index (χ1n) is 6.29. The second-order valence-electron chi connectivity index (χ2n) is 4.58. The fraction of sp³-hybridized carbons (Fsp3) is 0. The van der Waals surface area contributed by atoms with Gasteiger partial charge in [-0.1, -0.05) is 15.9 Å². The third kappa shape index (κ3) is 2.75.